The summed E-state index contributed by atoms with van der Waals surface area (Å²) in [5.41, 5.74) is 5.22. The number of aliphatic carboxylic acids is 1. The fourth-order valence-electron chi connectivity index (χ4n) is 0.825. The largest absolute Gasteiger partial charge is 0.480 e. The molecule has 0 fully saturated rings. The maximum absolute atomic E-state index is 10.5. The topological polar surface area (TPSA) is 92.4 Å². The molecule has 0 bridgehead atoms. The number of aldehydes is 1. The first-order chi connectivity index (χ1) is 5.72. The lowest BCUT2D eigenvalue weighted by atomic mass is 10.1. The minimum absolute atomic E-state index is 0.0710. The summed E-state index contributed by atoms with van der Waals surface area (Å²) in [6, 6.07) is -0.654. The summed E-state index contributed by atoms with van der Waals surface area (Å²) in [7, 11) is 0. The van der Waals surface area contributed by atoms with Crippen LogP contribution in [0.2, 0.25) is 0 Å². The molecule has 0 saturated carbocycles. The molecule has 0 unspecified atom stereocenters. The molecule has 4 N–H and O–H groups in total. The van der Waals surface area contributed by atoms with Crippen molar-refractivity contribution in [3.63, 3.8) is 0 Å². The monoisotopic (exact) mass is 174 g/mol. The minimum Gasteiger partial charge on any atom is -0.480 e. The van der Waals surface area contributed by atoms with Gasteiger partial charge in [0.2, 0.25) is 0 Å². The first-order valence-electron chi connectivity index (χ1n) is 3.82. The van der Waals surface area contributed by atoms with E-state index in [1.807, 2.05) is 0 Å². The van der Waals surface area contributed by atoms with Crippen LogP contribution < -0.4 is 11.1 Å². The standard InChI is InChI=1S/C7H14N2O3/c8-3-1-2-6(7(11)12)9-4-5-10/h5-6,9H,1-4,8H2,(H,11,12)/t6-/m1/s1. The van der Waals surface area contributed by atoms with E-state index < -0.39 is 12.0 Å². The van der Waals surface area contributed by atoms with E-state index in [-0.39, 0.29) is 6.54 Å². The Kier molecular flexibility index (Phi) is 6.22. The van der Waals surface area contributed by atoms with Crippen LogP contribution in [0.15, 0.2) is 0 Å². The molecule has 12 heavy (non-hydrogen) atoms. The van der Waals surface area contributed by atoms with E-state index in [4.69, 9.17) is 10.8 Å². The summed E-state index contributed by atoms with van der Waals surface area (Å²) in [4.78, 5) is 20.4. The Balaban J connectivity index is 3.69. The predicted molar refractivity (Wildman–Crippen MR) is 43.8 cm³/mol. The van der Waals surface area contributed by atoms with Crippen molar-refractivity contribution in [1.82, 2.24) is 5.32 Å². The van der Waals surface area contributed by atoms with Crippen LogP contribution in [0, 0.1) is 0 Å². The second-order valence-electron chi connectivity index (χ2n) is 2.40. The number of nitrogens with one attached hydrogen (secondary N) is 1. The quantitative estimate of drug-likeness (QED) is 0.429. The van der Waals surface area contributed by atoms with Gasteiger partial charge in [0.25, 0.3) is 0 Å². The summed E-state index contributed by atoms with van der Waals surface area (Å²) >= 11 is 0. The number of nitrogens with two attached hydrogens (primary N) is 1. The van der Waals surface area contributed by atoms with E-state index in [0.717, 1.165) is 0 Å². The normalized spacial score (nSPS) is 12.4. The fourth-order valence-corrected chi connectivity index (χ4v) is 0.825. The minimum atomic E-state index is -0.940. The maximum atomic E-state index is 10.5. The van der Waals surface area contributed by atoms with Crippen LogP contribution in [0.25, 0.3) is 0 Å². The predicted octanol–water partition coefficient (Wildman–Crippen LogP) is -1.03. The number of hydrogen-bond donors (Lipinski definition) is 3. The van der Waals surface area contributed by atoms with Gasteiger partial charge in [-0.15, -0.1) is 0 Å². The van der Waals surface area contributed by atoms with Gasteiger partial charge in [0, 0.05) is 0 Å². The highest BCUT2D eigenvalue weighted by atomic mass is 16.4. The Morgan fingerprint density at radius 3 is 2.75 bits per heavy atom. The molecule has 1 atom stereocenters. The van der Waals surface area contributed by atoms with Crippen LogP contribution in [0.5, 0.6) is 0 Å². The van der Waals surface area contributed by atoms with Gasteiger partial charge in [0.1, 0.15) is 12.3 Å². The molecule has 0 aromatic carbocycles. The lowest BCUT2D eigenvalue weighted by Crippen LogP contribution is -2.38. The van der Waals surface area contributed by atoms with Crippen molar-refractivity contribution in [2.45, 2.75) is 18.9 Å². The van der Waals surface area contributed by atoms with Crippen LogP contribution in [0.3, 0.4) is 0 Å². The van der Waals surface area contributed by atoms with Gasteiger partial charge >= 0.3 is 5.97 Å². The molecule has 0 heterocycles. The van der Waals surface area contributed by atoms with Gasteiger partial charge in [0.15, 0.2) is 0 Å². The Morgan fingerprint density at radius 2 is 2.33 bits per heavy atom. The summed E-state index contributed by atoms with van der Waals surface area (Å²) < 4.78 is 0. The highest BCUT2D eigenvalue weighted by Gasteiger charge is 2.14. The second-order valence-corrected chi connectivity index (χ2v) is 2.40. The molecule has 0 rings (SSSR count). The van der Waals surface area contributed by atoms with E-state index >= 15 is 0 Å². The molecule has 0 aromatic rings. The molecule has 0 aliphatic heterocycles. The number of rotatable bonds is 7. The molecular formula is C7H14N2O3. The van der Waals surface area contributed by atoms with E-state index in [2.05, 4.69) is 5.32 Å². The summed E-state index contributed by atoms with van der Waals surface area (Å²) in [6.45, 7) is 0.536. The molecule has 5 heteroatoms. The Morgan fingerprint density at radius 1 is 1.67 bits per heavy atom. The van der Waals surface area contributed by atoms with Crippen LogP contribution in [0.1, 0.15) is 12.8 Å². The lowest BCUT2D eigenvalue weighted by molar-refractivity contribution is -0.139. The van der Waals surface area contributed by atoms with E-state index in [0.29, 0.717) is 25.7 Å². The molecule has 70 valence electrons. The first-order valence-corrected chi connectivity index (χ1v) is 3.82. The van der Waals surface area contributed by atoms with Gasteiger partial charge in [-0.25, -0.2) is 0 Å². The van der Waals surface area contributed by atoms with Crippen molar-refractivity contribution in [3.05, 3.63) is 0 Å². The lowest BCUT2D eigenvalue weighted by Gasteiger charge is -2.10. The van der Waals surface area contributed by atoms with Crippen LogP contribution in [-0.4, -0.2) is 36.5 Å². The van der Waals surface area contributed by atoms with Crippen molar-refractivity contribution in [1.29, 1.82) is 0 Å². The molecule has 0 amide bonds. The van der Waals surface area contributed by atoms with Gasteiger partial charge in [-0.05, 0) is 19.4 Å². The third-order valence-corrected chi connectivity index (χ3v) is 1.44. The maximum Gasteiger partial charge on any atom is 0.320 e. The van der Waals surface area contributed by atoms with Gasteiger partial charge < -0.3 is 15.6 Å². The molecule has 0 aliphatic rings. The highest BCUT2D eigenvalue weighted by molar-refractivity contribution is 5.73. The van der Waals surface area contributed by atoms with Gasteiger partial charge in [0.05, 0.1) is 6.54 Å². The zero-order chi connectivity index (χ0) is 9.40. The zero-order valence-electron chi connectivity index (χ0n) is 6.82. The summed E-state index contributed by atoms with van der Waals surface area (Å²) in [5, 5.41) is 11.2. The molecule has 0 spiro atoms. The Hall–Kier alpha value is -0.940. The SMILES string of the molecule is NCCC[C@@H](NCC=O)C(=O)O. The van der Waals surface area contributed by atoms with Crippen LogP contribution >= 0.6 is 0 Å². The van der Waals surface area contributed by atoms with Crippen molar-refractivity contribution in [2.24, 2.45) is 5.73 Å². The molecule has 0 radical (unpaired) electrons. The summed E-state index contributed by atoms with van der Waals surface area (Å²) in [6.07, 6.45) is 1.74. The van der Waals surface area contributed by atoms with Crippen LogP contribution in [0.4, 0.5) is 0 Å². The average Bonchev–Trinajstić information content (AvgIpc) is 2.04. The molecule has 0 aromatic heterocycles. The number of carboxylic acids is 1. The molecule has 0 aliphatic carbocycles. The number of carboxylic acid groups (broad SMARTS) is 1. The Labute approximate surface area is 70.9 Å². The van der Waals surface area contributed by atoms with Crippen molar-refractivity contribution in [3.8, 4) is 0 Å². The van der Waals surface area contributed by atoms with E-state index in [1.165, 1.54) is 0 Å². The molecular weight excluding hydrogens is 160 g/mol. The highest BCUT2D eigenvalue weighted by Crippen LogP contribution is 1.95. The smallest absolute Gasteiger partial charge is 0.320 e. The van der Waals surface area contributed by atoms with Crippen molar-refractivity contribution < 1.29 is 14.7 Å². The first kappa shape index (κ1) is 11.1. The van der Waals surface area contributed by atoms with E-state index in [1.54, 1.807) is 0 Å². The second kappa shape index (κ2) is 6.75. The molecule has 0 saturated heterocycles. The number of carbonyl (C=O) groups excluding carboxylic acids is 1. The van der Waals surface area contributed by atoms with E-state index in [9.17, 15) is 9.59 Å². The number of carbonyl (C=O) groups is 2. The van der Waals surface area contributed by atoms with Gasteiger partial charge in [-0.2, -0.15) is 0 Å². The zero-order valence-corrected chi connectivity index (χ0v) is 6.82. The van der Waals surface area contributed by atoms with Crippen molar-refractivity contribution >= 4 is 12.3 Å². The van der Waals surface area contributed by atoms with Crippen LogP contribution in [-0.2, 0) is 9.59 Å². The van der Waals surface area contributed by atoms with Crippen molar-refractivity contribution in [2.75, 3.05) is 13.1 Å². The van der Waals surface area contributed by atoms with Gasteiger partial charge in [-0.3, -0.25) is 10.1 Å². The average molecular weight is 174 g/mol. The number of hydrogen-bond acceptors (Lipinski definition) is 4. The third-order valence-electron chi connectivity index (χ3n) is 1.44. The third kappa shape index (κ3) is 4.81. The molecule has 5 nitrogen and oxygen atoms in total. The fraction of sp³-hybridized carbons (Fsp3) is 0.714. The Bertz CT molecular complexity index is 150. The summed E-state index contributed by atoms with van der Waals surface area (Å²) in [5.74, 6) is -0.940. The van der Waals surface area contributed by atoms with Gasteiger partial charge in [-0.1, -0.05) is 0 Å².